The van der Waals surface area contributed by atoms with Gasteiger partial charge in [-0.05, 0) is 56.8 Å². The molecule has 2 aliphatic heterocycles. The number of carbonyl (C=O) groups excluding carboxylic acids is 1. The van der Waals surface area contributed by atoms with Crippen molar-refractivity contribution in [1.82, 2.24) is 14.7 Å². The molecule has 166 valence electrons. The minimum atomic E-state index is -3.69. The Bertz CT molecular complexity index is 1000. The number of likely N-dealkylation sites (N-methyl/N-ethyl adjacent to an activating group) is 1. The lowest BCUT2D eigenvalue weighted by Crippen LogP contribution is -2.55. The number of rotatable bonds is 5. The summed E-state index contributed by atoms with van der Waals surface area (Å²) in [6.07, 6.45) is 2.45. The first-order valence-electron chi connectivity index (χ1n) is 10.8. The van der Waals surface area contributed by atoms with Crippen LogP contribution in [0.15, 0.2) is 59.5 Å². The molecule has 2 aromatic rings. The molecule has 1 N–H and O–H groups in total. The smallest absolute Gasteiger partial charge is 0.261 e. The molecule has 2 fully saturated rings. The van der Waals surface area contributed by atoms with E-state index in [0.29, 0.717) is 30.4 Å². The maximum atomic E-state index is 13.0. The zero-order valence-corrected chi connectivity index (χ0v) is 18.7. The molecule has 2 heterocycles. The van der Waals surface area contributed by atoms with E-state index in [0.717, 1.165) is 19.6 Å². The maximum Gasteiger partial charge on any atom is 0.261 e. The fourth-order valence-corrected chi connectivity index (χ4v) is 5.51. The number of benzene rings is 2. The summed E-state index contributed by atoms with van der Waals surface area (Å²) in [4.78, 5) is 20.0. The van der Waals surface area contributed by atoms with Gasteiger partial charge < -0.3 is 9.80 Å². The Morgan fingerprint density at radius 3 is 2.42 bits per heavy atom. The van der Waals surface area contributed by atoms with Crippen molar-refractivity contribution in [3.05, 3.63) is 60.2 Å². The van der Waals surface area contributed by atoms with E-state index >= 15 is 0 Å². The van der Waals surface area contributed by atoms with Crippen molar-refractivity contribution < 1.29 is 13.2 Å². The number of sulfonamides is 1. The van der Waals surface area contributed by atoms with Crippen LogP contribution in [0, 0.1) is 0 Å². The fourth-order valence-electron chi connectivity index (χ4n) is 4.44. The summed E-state index contributed by atoms with van der Waals surface area (Å²) >= 11 is 0. The largest absolute Gasteiger partial charge is 0.336 e. The van der Waals surface area contributed by atoms with Crippen LogP contribution in [0.5, 0.6) is 0 Å². The molecule has 1 unspecified atom stereocenters. The van der Waals surface area contributed by atoms with E-state index in [4.69, 9.17) is 0 Å². The molecule has 0 bridgehead atoms. The van der Waals surface area contributed by atoms with Crippen LogP contribution in [0.1, 0.15) is 23.2 Å². The summed E-state index contributed by atoms with van der Waals surface area (Å²) < 4.78 is 27.7. The van der Waals surface area contributed by atoms with Crippen LogP contribution in [0.3, 0.4) is 0 Å². The Labute approximate surface area is 184 Å². The Morgan fingerprint density at radius 2 is 1.71 bits per heavy atom. The monoisotopic (exact) mass is 442 g/mol. The topological polar surface area (TPSA) is 73.0 Å². The van der Waals surface area contributed by atoms with E-state index in [2.05, 4.69) is 21.6 Å². The van der Waals surface area contributed by atoms with Crippen molar-refractivity contribution in [1.29, 1.82) is 0 Å². The van der Waals surface area contributed by atoms with Crippen LogP contribution in [0.25, 0.3) is 0 Å². The molecule has 2 aromatic carbocycles. The second kappa shape index (κ2) is 9.38. The van der Waals surface area contributed by atoms with E-state index in [-0.39, 0.29) is 10.8 Å². The Morgan fingerprint density at radius 1 is 0.968 bits per heavy atom. The molecule has 1 amide bonds. The zero-order chi connectivity index (χ0) is 21.8. The van der Waals surface area contributed by atoms with Gasteiger partial charge in [-0.1, -0.05) is 24.3 Å². The minimum absolute atomic E-state index is 0.0545. The van der Waals surface area contributed by atoms with Crippen molar-refractivity contribution >= 4 is 21.6 Å². The highest BCUT2D eigenvalue weighted by molar-refractivity contribution is 7.92. The number of anilines is 1. The van der Waals surface area contributed by atoms with Crippen molar-refractivity contribution in [2.45, 2.75) is 23.8 Å². The first kappa shape index (κ1) is 21.8. The summed E-state index contributed by atoms with van der Waals surface area (Å²) in [6, 6.07) is 15.5. The summed E-state index contributed by atoms with van der Waals surface area (Å²) in [5.74, 6) is -0.0545. The van der Waals surface area contributed by atoms with Gasteiger partial charge >= 0.3 is 0 Å². The highest BCUT2D eigenvalue weighted by Gasteiger charge is 2.29. The Balaban J connectivity index is 1.39. The predicted molar refractivity (Wildman–Crippen MR) is 122 cm³/mol. The van der Waals surface area contributed by atoms with Crippen LogP contribution < -0.4 is 4.72 Å². The normalized spacial score (nSPS) is 21.1. The lowest BCUT2D eigenvalue weighted by molar-refractivity contribution is 0.0452. The summed E-state index contributed by atoms with van der Waals surface area (Å²) in [6.45, 7) is 5.41. The molecule has 0 aromatic heterocycles. The molecular formula is C23H30N4O3S. The molecule has 2 saturated heterocycles. The molecule has 0 spiro atoms. The van der Waals surface area contributed by atoms with Gasteiger partial charge in [0.15, 0.2) is 0 Å². The van der Waals surface area contributed by atoms with Crippen LogP contribution in [-0.2, 0) is 10.0 Å². The SMILES string of the molecule is CN1CCCC(N2CCN(C(=O)c3cccc(NS(=O)(=O)c4ccccc4)c3)CC2)C1. The van der Waals surface area contributed by atoms with Crippen LogP contribution in [0.2, 0.25) is 0 Å². The summed E-state index contributed by atoms with van der Waals surface area (Å²) in [7, 11) is -1.52. The summed E-state index contributed by atoms with van der Waals surface area (Å²) in [5.41, 5.74) is 0.887. The number of likely N-dealkylation sites (tertiary alicyclic amines) is 1. The first-order chi connectivity index (χ1) is 14.9. The third-order valence-corrected chi connectivity index (χ3v) is 7.53. The van der Waals surface area contributed by atoms with E-state index < -0.39 is 10.0 Å². The minimum Gasteiger partial charge on any atom is -0.336 e. The molecule has 1 atom stereocenters. The summed E-state index contributed by atoms with van der Waals surface area (Å²) in [5, 5.41) is 0. The van der Waals surface area contributed by atoms with Crippen molar-refractivity contribution in [3.63, 3.8) is 0 Å². The van der Waals surface area contributed by atoms with E-state index in [1.54, 1.807) is 54.6 Å². The number of piperazine rings is 1. The van der Waals surface area contributed by atoms with Crippen molar-refractivity contribution in [3.8, 4) is 0 Å². The van der Waals surface area contributed by atoms with Gasteiger partial charge in [-0.2, -0.15) is 0 Å². The predicted octanol–water partition coefficient (Wildman–Crippen LogP) is 2.34. The Hall–Kier alpha value is -2.42. The van der Waals surface area contributed by atoms with Gasteiger partial charge in [0, 0.05) is 50.0 Å². The Kier molecular flexibility index (Phi) is 6.60. The zero-order valence-electron chi connectivity index (χ0n) is 17.9. The van der Waals surface area contributed by atoms with E-state index in [9.17, 15) is 13.2 Å². The number of hydrogen-bond acceptors (Lipinski definition) is 5. The molecular weight excluding hydrogens is 412 g/mol. The number of piperidine rings is 1. The fraction of sp³-hybridized carbons (Fsp3) is 0.435. The lowest BCUT2D eigenvalue weighted by atomic mass is 10.0. The molecule has 2 aliphatic rings. The van der Waals surface area contributed by atoms with Crippen LogP contribution in [-0.4, -0.2) is 81.4 Å². The third kappa shape index (κ3) is 5.26. The number of amides is 1. The molecule has 31 heavy (non-hydrogen) atoms. The van der Waals surface area contributed by atoms with E-state index in [1.807, 2.05) is 4.90 Å². The third-order valence-electron chi connectivity index (χ3n) is 6.13. The molecule has 0 saturated carbocycles. The molecule has 0 radical (unpaired) electrons. The number of nitrogens with zero attached hydrogens (tertiary/aromatic N) is 3. The quantitative estimate of drug-likeness (QED) is 0.770. The van der Waals surface area contributed by atoms with Gasteiger partial charge in [0.1, 0.15) is 0 Å². The number of hydrogen-bond donors (Lipinski definition) is 1. The molecule has 4 rings (SSSR count). The standard InChI is InChI=1S/C23H30N4O3S/c1-25-12-6-9-21(18-25)26-13-15-27(16-14-26)23(28)19-7-5-8-20(17-19)24-31(29,30)22-10-3-2-4-11-22/h2-5,7-8,10-11,17,21,24H,6,9,12-16,18H2,1H3. The molecule has 0 aliphatic carbocycles. The molecule has 8 heteroatoms. The van der Waals surface area contributed by atoms with Gasteiger partial charge in [0.05, 0.1) is 4.90 Å². The second-order valence-corrected chi connectivity index (χ2v) is 10.1. The van der Waals surface area contributed by atoms with Gasteiger partial charge in [0.2, 0.25) is 0 Å². The highest BCUT2D eigenvalue weighted by Crippen LogP contribution is 2.20. The van der Waals surface area contributed by atoms with Gasteiger partial charge in [-0.15, -0.1) is 0 Å². The van der Waals surface area contributed by atoms with E-state index in [1.165, 1.54) is 19.4 Å². The maximum absolute atomic E-state index is 13.0. The molecule has 7 nitrogen and oxygen atoms in total. The van der Waals surface area contributed by atoms with Crippen molar-refractivity contribution in [2.75, 3.05) is 51.0 Å². The number of carbonyl (C=O) groups is 1. The first-order valence-corrected chi connectivity index (χ1v) is 12.3. The highest BCUT2D eigenvalue weighted by atomic mass is 32.2. The van der Waals surface area contributed by atoms with Gasteiger partial charge in [-0.25, -0.2) is 8.42 Å². The van der Waals surface area contributed by atoms with Crippen molar-refractivity contribution in [2.24, 2.45) is 0 Å². The van der Waals surface area contributed by atoms with Gasteiger partial charge in [0.25, 0.3) is 15.9 Å². The second-order valence-electron chi connectivity index (χ2n) is 8.39. The lowest BCUT2D eigenvalue weighted by Gasteiger charge is -2.42. The van der Waals surface area contributed by atoms with Gasteiger partial charge in [-0.3, -0.25) is 14.4 Å². The van der Waals surface area contributed by atoms with Crippen LogP contribution in [0.4, 0.5) is 5.69 Å². The van der Waals surface area contributed by atoms with Crippen LogP contribution >= 0.6 is 0 Å². The number of nitrogens with one attached hydrogen (secondary N) is 1. The average Bonchev–Trinajstić information content (AvgIpc) is 2.79. The average molecular weight is 443 g/mol.